The van der Waals surface area contributed by atoms with Gasteiger partial charge in [0.2, 0.25) is 0 Å². The first-order chi connectivity index (χ1) is 12.2. The van der Waals surface area contributed by atoms with Crippen molar-refractivity contribution in [3.8, 4) is 22.8 Å². The van der Waals surface area contributed by atoms with Crippen LogP contribution in [0.3, 0.4) is 0 Å². The Kier molecular flexibility index (Phi) is 5.05. The molecule has 5 heteroatoms. The summed E-state index contributed by atoms with van der Waals surface area (Å²) in [5.74, 6) is 1.76. The van der Waals surface area contributed by atoms with E-state index in [-0.39, 0.29) is 5.92 Å². The molecule has 0 amide bonds. The van der Waals surface area contributed by atoms with E-state index in [0.29, 0.717) is 6.54 Å². The Morgan fingerprint density at radius 2 is 1.80 bits per heavy atom. The highest BCUT2D eigenvalue weighted by atomic mass is 16.5. The van der Waals surface area contributed by atoms with E-state index in [1.54, 1.807) is 14.2 Å². The number of nitrogens with two attached hydrogens (primary N) is 1. The third-order valence-electron chi connectivity index (χ3n) is 4.42. The number of H-pyrrole nitrogens is 1. The fraction of sp³-hybridized carbons (Fsp3) is 0.250. The molecule has 0 aliphatic rings. The Bertz CT molecular complexity index is 840. The lowest BCUT2D eigenvalue weighted by Gasteiger charge is -2.15. The van der Waals surface area contributed by atoms with E-state index in [2.05, 4.69) is 28.4 Å². The molecule has 3 aromatic rings. The molecule has 1 heterocycles. The van der Waals surface area contributed by atoms with Gasteiger partial charge in [0.1, 0.15) is 11.5 Å². The number of nitrogens with zero attached hydrogens (tertiary/aromatic N) is 1. The summed E-state index contributed by atoms with van der Waals surface area (Å²) in [5, 5.41) is 7.58. The van der Waals surface area contributed by atoms with Crippen molar-refractivity contribution >= 4 is 0 Å². The van der Waals surface area contributed by atoms with Crippen LogP contribution in [0.1, 0.15) is 22.7 Å². The maximum absolute atomic E-state index is 6.05. The van der Waals surface area contributed by atoms with Gasteiger partial charge >= 0.3 is 0 Å². The van der Waals surface area contributed by atoms with Gasteiger partial charge in [-0.05, 0) is 54.4 Å². The molecule has 0 aliphatic heterocycles. The Hall–Kier alpha value is -2.79. The van der Waals surface area contributed by atoms with Crippen LogP contribution >= 0.6 is 0 Å². The van der Waals surface area contributed by atoms with Crippen molar-refractivity contribution in [3.05, 3.63) is 65.4 Å². The van der Waals surface area contributed by atoms with Gasteiger partial charge in [-0.3, -0.25) is 5.10 Å². The molecule has 1 atom stereocenters. The van der Waals surface area contributed by atoms with Gasteiger partial charge in [-0.15, -0.1) is 0 Å². The van der Waals surface area contributed by atoms with Crippen molar-refractivity contribution in [2.45, 2.75) is 12.8 Å². The van der Waals surface area contributed by atoms with Gasteiger partial charge in [0.15, 0.2) is 0 Å². The molecule has 0 aliphatic carbocycles. The van der Waals surface area contributed by atoms with E-state index in [1.807, 2.05) is 37.3 Å². The van der Waals surface area contributed by atoms with E-state index >= 15 is 0 Å². The van der Waals surface area contributed by atoms with Crippen LogP contribution in [0.25, 0.3) is 11.3 Å². The Balaban J connectivity index is 1.89. The van der Waals surface area contributed by atoms with Gasteiger partial charge in [0.25, 0.3) is 0 Å². The zero-order chi connectivity index (χ0) is 17.8. The quantitative estimate of drug-likeness (QED) is 0.722. The van der Waals surface area contributed by atoms with Crippen molar-refractivity contribution in [1.29, 1.82) is 0 Å². The van der Waals surface area contributed by atoms with Crippen LogP contribution < -0.4 is 15.2 Å². The second kappa shape index (κ2) is 7.40. The molecule has 0 radical (unpaired) electrons. The van der Waals surface area contributed by atoms with Crippen molar-refractivity contribution in [2.75, 3.05) is 20.8 Å². The van der Waals surface area contributed by atoms with Crippen LogP contribution in [-0.4, -0.2) is 31.0 Å². The SMILES string of the molecule is COc1ccc(-c2cc(C(CN)c3ccc(OC)c(C)c3)[nH]n2)cc1. The second-order valence-corrected chi connectivity index (χ2v) is 5.95. The first-order valence-electron chi connectivity index (χ1n) is 8.20. The zero-order valence-corrected chi connectivity index (χ0v) is 14.7. The summed E-state index contributed by atoms with van der Waals surface area (Å²) < 4.78 is 10.5. The largest absolute Gasteiger partial charge is 0.497 e. The molecule has 0 spiro atoms. The number of hydrogen-bond acceptors (Lipinski definition) is 4. The number of nitrogens with one attached hydrogen (secondary N) is 1. The monoisotopic (exact) mass is 337 g/mol. The van der Waals surface area contributed by atoms with Gasteiger partial charge in [-0.2, -0.15) is 5.10 Å². The van der Waals surface area contributed by atoms with E-state index in [1.165, 1.54) is 0 Å². The van der Waals surface area contributed by atoms with Crippen molar-refractivity contribution < 1.29 is 9.47 Å². The number of benzene rings is 2. The van der Waals surface area contributed by atoms with Crippen LogP contribution in [0.4, 0.5) is 0 Å². The molecular formula is C20H23N3O2. The van der Waals surface area contributed by atoms with E-state index in [9.17, 15) is 0 Å². The molecule has 1 aromatic heterocycles. The van der Waals surface area contributed by atoms with Crippen LogP contribution in [0, 0.1) is 6.92 Å². The van der Waals surface area contributed by atoms with Crippen molar-refractivity contribution in [1.82, 2.24) is 10.2 Å². The highest BCUT2D eigenvalue weighted by Crippen LogP contribution is 2.29. The molecule has 0 saturated carbocycles. The van der Waals surface area contributed by atoms with Gasteiger partial charge in [0.05, 0.1) is 19.9 Å². The number of methoxy groups -OCH3 is 2. The second-order valence-electron chi connectivity index (χ2n) is 5.95. The third-order valence-corrected chi connectivity index (χ3v) is 4.42. The molecule has 3 N–H and O–H groups in total. The van der Waals surface area contributed by atoms with Crippen LogP contribution in [-0.2, 0) is 0 Å². The average molecular weight is 337 g/mol. The van der Waals surface area contributed by atoms with Gasteiger partial charge in [0, 0.05) is 23.7 Å². The maximum atomic E-state index is 6.05. The van der Waals surface area contributed by atoms with Gasteiger partial charge in [-0.1, -0.05) is 12.1 Å². The number of ether oxygens (including phenoxy) is 2. The van der Waals surface area contributed by atoms with Crippen LogP contribution in [0.2, 0.25) is 0 Å². The first-order valence-corrected chi connectivity index (χ1v) is 8.20. The lowest BCUT2D eigenvalue weighted by Crippen LogP contribution is -2.14. The van der Waals surface area contributed by atoms with Crippen molar-refractivity contribution in [2.24, 2.45) is 5.73 Å². The zero-order valence-electron chi connectivity index (χ0n) is 14.7. The van der Waals surface area contributed by atoms with E-state index < -0.39 is 0 Å². The molecule has 2 aromatic carbocycles. The molecule has 0 fully saturated rings. The fourth-order valence-electron chi connectivity index (χ4n) is 2.99. The molecule has 3 rings (SSSR count). The number of aromatic nitrogens is 2. The summed E-state index contributed by atoms with van der Waals surface area (Å²) in [6.07, 6.45) is 0. The number of aromatic amines is 1. The van der Waals surface area contributed by atoms with Crippen molar-refractivity contribution in [3.63, 3.8) is 0 Å². The summed E-state index contributed by atoms with van der Waals surface area (Å²) in [6.45, 7) is 2.53. The normalized spacial score (nSPS) is 12.0. The summed E-state index contributed by atoms with van der Waals surface area (Å²) >= 11 is 0. The Labute approximate surface area is 147 Å². The fourth-order valence-corrected chi connectivity index (χ4v) is 2.99. The minimum absolute atomic E-state index is 0.0594. The van der Waals surface area contributed by atoms with E-state index in [4.69, 9.17) is 15.2 Å². The minimum Gasteiger partial charge on any atom is -0.497 e. The molecule has 25 heavy (non-hydrogen) atoms. The number of rotatable bonds is 6. The molecule has 130 valence electrons. The predicted molar refractivity (Wildman–Crippen MR) is 99.2 cm³/mol. The maximum Gasteiger partial charge on any atom is 0.121 e. The smallest absolute Gasteiger partial charge is 0.121 e. The summed E-state index contributed by atoms with van der Waals surface area (Å²) in [5.41, 5.74) is 11.2. The molecule has 0 saturated heterocycles. The highest BCUT2D eigenvalue weighted by Gasteiger charge is 2.17. The summed E-state index contributed by atoms with van der Waals surface area (Å²) in [4.78, 5) is 0. The lowest BCUT2D eigenvalue weighted by atomic mass is 9.94. The molecule has 1 unspecified atom stereocenters. The molecule has 0 bridgehead atoms. The molecule has 5 nitrogen and oxygen atoms in total. The predicted octanol–water partition coefficient (Wildman–Crippen LogP) is 3.49. The molecular weight excluding hydrogens is 314 g/mol. The Morgan fingerprint density at radius 3 is 2.40 bits per heavy atom. The standard InChI is InChI=1S/C20H23N3O2/c1-13-10-15(6-9-20(13)25-3)17(12-21)19-11-18(22-23-19)14-4-7-16(24-2)8-5-14/h4-11,17H,12,21H2,1-3H3,(H,22,23). The summed E-state index contributed by atoms with van der Waals surface area (Å²) in [7, 11) is 3.34. The number of hydrogen-bond donors (Lipinski definition) is 2. The first kappa shape index (κ1) is 17.0. The number of aryl methyl sites for hydroxylation is 1. The minimum atomic E-state index is 0.0594. The summed E-state index contributed by atoms with van der Waals surface area (Å²) in [6, 6.07) is 16.0. The third kappa shape index (κ3) is 3.51. The van der Waals surface area contributed by atoms with Gasteiger partial charge in [-0.25, -0.2) is 0 Å². The Morgan fingerprint density at radius 1 is 1.04 bits per heavy atom. The van der Waals surface area contributed by atoms with Gasteiger partial charge < -0.3 is 15.2 Å². The highest BCUT2D eigenvalue weighted by molar-refractivity contribution is 5.60. The topological polar surface area (TPSA) is 73.2 Å². The average Bonchev–Trinajstić information content (AvgIpc) is 3.12. The van der Waals surface area contributed by atoms with Crippen LogP contribution in [0.15, 0.2) is 48.5 Å². The van der Waals surface area contributed by atoms with Crippen LogP contribution in [0.5, 0.6) is 11.5 Å². The van der Waals surface area contributed by atoms with E-state index in [0.717, 1.165) is 39.6 Å². The lowest BCUT2D eigenvalue weighted by molar-refractivity contribution is 0.411.